The number of hydrogen-bond acceptors (Lipinski definition) is 1. The highest BCUT2D eigenvalue weighted by atomic mass is 16.3. The maximum atomic E-state index is 9.61. The third kappa shape index (κ3) is 1.43. The largest absolute Gasteiger partial charge is 0.393 e. The molecule has 2 aliphatic rings. The molecule has 2 rings (SSSR count). The fourth-order valence-electron chi connectivity index (χ4n) is 2.92. The Morgan fingerprint density at radius 2 is 2.23 bits per heavy atom. The van der Waals surface area contributed by atoms with Gasteiger partial charge in [0.25, 0.3) is 0 Å². The summed E-state index contributed by atoms with van der Waals surface area (Å²) in [5, 5.41) is 9.61. The minimum atomic E-state index is -0.0652. The minimum Gasteiger partial charge on any atom is -0.393 e. The van der Waals surface area contributed by atoms with Gasteiger partial charge >= 0.3 is 0 Å². The van der Waals surface area contributed by atoms with Gasteiger partial charge in [-0.1, -0.05) is 25.5 Å². The van der Waals surface area contributed by atoms with Gasteiger partial charge in [0.15, 0.2) is 0 Å². The molecule has 0 aromatic heterocycles. The number of aliphatic hydroxyl groups excluding tert-OH is 1. The van der Waals surface area contributed by atoms with Crippen molar-refractivity contribution < 1.29 is 5.11 Å². The molecular formula is C12H20O. The second-order valence-corrected chi connectivity index (χ2v) is 5.02. The van der Waals surface area contributed by atoms with E-state index < -0.39 is 0 Å². The molecular weight excluding hydrogens is 160 g/mol. The molecule has 0 heterocycles. The molecule has 1 N–H and O–H groups in total. The molecule has 74 valence electrons. The van der Waals surface area contributed by atoms with Crippen LogP contribution in [-0.2, 0) is 0 Å². The van der Waals surface area contributed by atoms with E-state index in [0.717, 1.165) is 18.8 Å². The lowest BCUT2D eigenvalue weighted by atomic mass is 9.60. The lowest BCUT2D eigenvalue weighted by Crippen LogP contribution is -2.36. The molecule has 0 aliphatic heterocycles. The van der Waals surface area contributed by atoms with Gasteiger partial charge in [0.1, 0.15) is 0 Å². The molecule has 0 spiro atoms. The normalized spacial score (nSPS) is 45.3. The van der Waals surface area contributed by atoms with Crippen LogP contribution in [0.3, 0.4) is 0 Å². The van der Waals surface area contributed by atoms with E-state index in [9.17, 15) is 5.11 Å². The molecule has 1 saturated carbocycles. The molecule has 0 bridgehead atoms. The summed E-state index contributed by atoms with van der Waals surface area (Å²) in [6.45, 7) is 4.75. The summed E-state index contributed by atoms with van der Waals surface area (Å²) in [4.78, 5) is 0. The third-order valence-corrected chi connectivity index (χ3v) is 4.26. The molecule has 2 aliphatic carbocycles. The van der Waals surface area contributed by atoms with Crippen LogP contribution in [0.15, 0.2) is 11.6 Å². The van der Waals surface area contributed by atoms with Crippen molar-refractivity contribution in [1.82, 2.24) is 0 Å². The number of rotatable bonds is 0. The van der Waals surface area contributed by atoms with E-state index in [1.165, 1.54) is 24.8 Å². The van der Waals surface area contributed by atoms with E-state index >= 15 is 0 Å². The summed E-state index contributed by atoms with van der Waals surface area (Å²) in [5.41, 5.74) is 1.95. The van der Waals surface area contributed by atoms with E-state index in [1.54, 1.807) is 0 Å². The summed E-state index contributed by atoms with van der Waals surface area (Å²) in [6.07, 6.45) is 7.97. The smallest absolute Gasteiger partial charge is 0.0577 e. The fraction of sp³-hybridized carbons (Fsp3) is 0.833. The molecule has 3 atom stereocenters. The molecule has 0 aromatic carbocycles. The zero-order valence-corrected chi connectivity index (χ0v) is 8.71. The number of fused-ring (bicyclic) bond motifs is 1. The first-order valence-corrected chi connectivity index (χ1v) is 5.50. The Kier molecular flexibility index (Phi) is 2.23. The summed E-state index contributed by atoms with van der Waals surface area (Å²) in [7, 11) is 0. The number of allylic oxidation sites excluding steroid dienone is 1. The van der Waals surface area contributed by atoms with Crippen molar-refractivity contribution in [2.75, 3.05) is 0 Å². The Bertz CT molecular complexity index is 231. The molecule has 1 fully saturated rings. The van der Waals surface area contributed by atoms with Gasteiger partial charge in [-0.25, -0.2) is 0 Å². The number of hydrogen-bond donors (Lipinski definition) is 1. The average Bonchev–Trinajstić information content (AvgIpc) is 2.09. The highest BCUT2D eigenvalue weighted by molar-refractivity contribution is 5.21. The second kappa shape index (κ2) is 3.13. The predicted octanol–water partition coefficient (Wildman–Crippen LogP) is 2.89. The highest BCUT2D eigenvalue weighted by Gasteiger charge is 2.40. The van der Waals surface area contributed by atoms with Crippen molar-refractivity contribution >= 4 is 0 Å². The monoisotopic (exact) mass is 180 g/mol. The molecule has 1 unspecified atom stereocenters. The Morgan fingerprint density at radius 1 is 1.46 bits per heavy atom. The van der Waals surface area contributed by atoms with Gasteiger partial charge < -0.3 is 5.11 Å². The van der Waals surface area contributed by atoms with Crippen LogP contribution in [-0.4, -0.2) is 11.2 Å². The fourth-order valence-corrected chi connectivity index (χ4v) is 2.92. The predicted molar refractivity (Wildman–Crippen MR) is 54.4 cm³/mol. The quantitative estimate of drug-likeness (QED) is 0.568. The summed E-state index contributed by atoms with van der Waals surface area (Å²) < 4.78 is 0. The van der Waals surface area contributed by atoms with E-state index in [-0.39, 0.29) is 6.10 Å². The molecule has 1 heteroatoms. The zero-order valence-electron chi connectivity index (χ0n) is 8.71. The molecule has 13 heavy (non-hydrogen) atoms. The van der Waals surface area contributed by atoms with Crippen LogP contribution >= 0.6 is 0 Å². The number of aliphatic hydroxyl groups is 1. The molecule has 1 nitrogen and oxygen atoms in total. The Hall–Kier alpha value is -0.300. The summed E-state index contributed by atoms with van der Waals surface area (Å²) in [5.74, 6) is 0.806. The van der Waals surface area contributed by atoms with Crippen LogP contribution < -0.4 is 0 Å². The first kappa shape index (κ1) is 9.26. The highest BCUT2D eigenvalue weighted by Crippen LogP contribution is 2.50. The van der Waals surface area contributed by atoms with Crippen molar-refractivity contribution in [2.24, 2.45) is 11.3 Å². The van der Waals surface area contributed by atoms with E-state index in [2.05, 4.69) is 19.9 Å². The van der Waals surface area contributed by atoms with Gasteiger partial charge in [-0.3, -0.25) is 0 Å². The maximum Gasteiger partial charge on any atom is 0.0577 e. The Labute approximate surface area is 80.8 Å². The van der Waals surface area contributed by atoms with E-state index in [0.29, 0.717) is 5.41 Å². The van der Waals surface area contributed by atoms with Crippen molar-refractivity contribution in [1.29, 1.82) is 0 Å². The van der Waals surface area contributed by atoms with Gasteiger partial charge in [0, 0.05) is 0 Å². The lowest BCUT2D eigenvalue weighted by Gasteiger charge is -2.45. The minimum absolute atomic E-state index is 0.0652. The van der Waals surface area contributed by atoms with Gasteiger partial charge in [-0.05, 0) is 43.4 Å². The van der Waals surface area contributed by atoms with Crippen LogP contribution in [0.25, 0.3) is 0 Å². The van der Waals surface area contributed by atoms with Gasteiger partial charge in [-0.2, -0.15) is 0 Å². The molecule has 0 amide bonds. The topological polar surface area (TPSA) is 20.2 Å². The lowest BCUT2D eigenvalue weighted by molar-refractivity contribution is 0.0800. The first-order chi connectivity index (χ1) is 6.13. The molecule has 0 radical (unpaired) electrons. The molecule has 0 saturated heterocycles. The first-order valence-electron chi connectivity index (χ1n) is 5.50. The zero-order chi connectivity index (χ0) is 9.47. The van der Waals surface area contributed by atoms with Gasteiger partial charge in [0.05, 0.1) is 6.10 Å². The van der Waals surface area contributed by atoms with Crippen LogP contribution in [0.4, 0.5) is 0 Å². The van der Waals surface area contributed by atoms with E-state index in [4.69, 9.17) is 0 Å². The Morgan fingerprint density at radius 3 is 3.00 bits per heavy atom. The third-order valence-electron chi connectivity index (χ3n) is 4.26. The standard InChI is InChI=1S/C12H20O/c1-9-4-3-5-10-8-11(13)6-7-12(9,10)2/h5,9,11,13H,3-4,6-8H2,1-2H3/t9?,11-,12+/m0/s1. The summed E-state index contributed by atoms with van der Waals surface area (Å²) in [6, 6.07) is 0. The van der Waals surface area contributed by atoms with Crippen molar-refractivity contribution in [3.05, 3.63) is 11.6 Å². The second-order valence-electron chi connectivity index (χ2n) is 5.02. The summed E-state index contributed by atoms with van der Waals surface area (Å²) >= 11 is 0. The van der Waals surface area contributed by atoms with Crippen molar-refractivity contribution in [2.45, 2.75) is 52.1 Å². The molecule has 0 aromatic rings. The SMILES string of the molecule is CC1CCC=C2C[C@@H](O)CC[C@@]21C. The van der Waals surface area contributed by atoms with Crippen LogP contribution in [0.1, 0.15) is 46.0 Å². The van der Waals surface area contributed by atoms with Crippen LogP contribution in [0.5, 0.6) is 0 Å². The maximum absolute atomic E-state index is 9.61. The van der Waals surface area contributed by atoms with E-state index in [1.807, 2.05) is 0 Å². The average molecular weight is 180 g/mol. The van der Waals surface area contributed by atoms with Crippen LogP contribution in [0.2, 0.25) is 0 Å². The van der Waals surface area contributed by atoms with Crippen molar-refractivity contribution in [3.8, 4) is 0 Å². The Balaban J connectivity index is 2.25. The van der Waals surface area contributed by atoms with Crippen molar-refractivity contribution in [3.63, 3.8) is 0 Å². The van der Waals surface area contributed by atoms with Crippen LogP contribution in [0, 0.1) is 11.3 Å². The van der Waals surface area contributed by atoms with Gasteiger partial charge in [-0.15, -0.1) is 0 Å². The van der Waals surface area contributed by atoms with Gasteiger partial charge in [0.2, 0.25) is 0 Å².